The summed E-state index contributed by atoms with van der Waals surface area (Å²) in [6.07, 6.45) is 2.01. The van der Waals surface area contributed by atoms with Gasteiger partial charge in [-0.1, -0.05) is 0 Å². The standard InChI is InChI=1S/C11H13NO4S2/c13-10(12-7-1-2-7)6-18(16)5-8-3-4-9(17-8)11(14)15/h3-4,7H,1-2,5-6H2,(H,12,13)(H,14,15). The van der Waals surface area contributed by atoms with Crippen LogP contribution in [0.15, 0.2) is 12.1 Å². The SMILES string of the molecule is O=C(CS(=O)Cc1ccc(C(=O)O)s1)NC1CC1. The van der Waals surface area contributed by atoms with Crippen molar-refractivity contribution >= 4 is 34.0 Å². The Morgan fingerprint density at radius 2 is 2.17 bits per heavy atom. The first-order valence-electron chi connectivity index (χ1n) is 5.51. The summed E-state index contributed by atoms with van der Waals surface area (Å²) in [5, 5.41) is 11.5. The van der Waals surface area contributed by atoms with Crippen molar-refractivity contribution in [1.82, 2.24) is 5.32 Å². The molecule has 1 aliphatic carbocycles. The lowest BCUT2D eigenvalue weighted by atomic mass is 10.4. The second kappa shape index (κ2) is 5.62. The second-order valence-corrected chi connectivity index (χ2v) is 6.77. The van der Waals surface area contributed by atoms with Crippen LogP contribution in [0, 0.1) is 0 Å². The van der Waals surface area contributed by atoms with Gasteiger partial charge in [0.1, 0.15) is 10.6 Å². The summed E-state index contributed by atoms with van der Waals surface area (Å²) >= 11 is 1.10. The number of amides is 1. The van der Waals surface area contributed by atoms with Gasteiger partial charge in [0.05, 0.1) is 5.75 Å². The predicted molar refractivity (Wildman–Crippen MR) is 69.2 cm³/mol. The van der Waals surface area contributed by atoms with Crippen LogP contribution < -0.4 is 5.32 Å². The summed E-state index contributed by atoms with van der Waals surface area (Å²) < 4.78 is 11.7. The number of hydrogen-bond acceptors (Lipinski definition) is 4. The average molecular weight is 287 g/mol. The highest BCUT2D eigenvalue weighted by Gasteiger charge is 2.23. The summed E-state index contributed by atoms with van der Waals surface area (Å²) in [5.74, 6) is -0.957. The molecule has 5 nitrogen and oxygen atoms in total. The molecule has 0 saturated heterocycles. The van der Waals surface area contributed by atoms with Crippen LogP contribution in [-0.4, -0.2) is 33.0 Å². The third-order valence-electron chi connectivity index (χ3n) is 2.41. The molecule has 1 unspecified atom stereocenters. The normalized spacial score (nSPS) is 16.2. The van der Waals surface area contributed by atoms with E-state index in [2.05, 4.69) is 5.32 Å². The molecule has 0 spiro atoms. The van der Waals surface area contributed by atoms with Gasteiger partial charge in [-0.05, 0) is 25.0 Å². The molecular weight excluding hydrogens is 274 g/mol. The molecule has 2 rings (SSSR count). The molecule has 0 aliphatic heterocycles. The fraction of sp³-hybridized carbons (Fsp3) is 0.455. The maximum Gasteiger partial charge on any atom is 0.345 e. The minimum absolute atomic E-state index is 0.0171. The third-order valence-corrected chi connectivity index (χ3v) is 4.88. The van der Waals surface area contributed by atoms with Crippen LogP contribution in [0.2, 0.25) is 0 Å². The number of hydrogen-bond donors (Lipinski definition) is 2. The number of carbonyl (C=O) groups is 2. The first-order valence-corrected chi connectivity index (χ1v) is 7.81. The van der Waals surface area contributed by atoms with E-state index in [-0.39, 0.29) is 28.3 Å². The molecule has 1 amide bonds. The molecule has 0 radical (unpaired) electrons. The van der Waals surface area contributed by atoms with Crippen LogP contribution in [0.4, 0.5) is 0 Å². The Kier molecular flexibility index (Phi) is 4.13. The van der Waals surface area contributed by atoms with Crippen LogP contribution in [0.3, 0.4) is 0 Å². The quantitative estimate of drug-likeness (QED) is 0.816. The first kappa shape index (κ1) is 13.2. The molecule has 1 aromatic heterocycles. The zero-order chi connectivity index (χ0) is 13.1. The first-order chi connectivity index (χ1) is 8.54. The van der Waals surface area contributed by atoms with Gasteiger partial charge in [-0.25, -0.2) is 4.79 Å². The fourth-order valence-corrected chi connectivity index (χ4v) is 3.59. The van der Waals surface area contributed by atoms with Gasteiger partial charge in [0.25, 0.3) is 0 Å². The molecule has 1 aliphatic rings. The van der Waals surface area contributed by atoms with E-state index in [4.69, 9.17) is 5.11 Å². The van der Waals surface area contributed by atoms with Gasteiger partial charge in [0, 0.05) is 21.7 Å². The molecule has 1 atom stereocenters. The van der Waals surface area contributed by atoms with E-state index >= 15 is 0 Å². The molecular formula is C11H13NO4S2. The van der Waals surface area contributed by atoms with Gasteiger partial charge in [-0.15, -0.1) is 11.3 Å². The number of nitrogens with one attached hydrogen (secondary N) is 1. The van der Waals surface area contributed by atoms with Crippen molar-refractivity contribution in [3.05, 3.63) is 21.9 Å². The number of carbonyl (C=O) groups excluding carboxylic acids is 1. The van der Waals surface area contributed by atoms with Crippen molar-refractivity contribution < 1.29 is 18.9 Å². The average Bonchev–Trinajstić information content (AvgIpc) is 2.93. The van der Waals surface area contributed by atoms with E-state index in [1.165, 1.54) is 6.07 Å². The summed E-state index contributed by atoms with van der Waals surface area (Å²) in [6, 6.07) is 3.41. The Labute approximate surface area is 111 Å². The van der Waals surface area contributed by atoms with Crippen molar-refractivity contribution in [2.75, 3.05) is 5.75 Å². The summed E-state index contributed by atoms with van der Waals surface area (Å²) in [7, 11) is -1.28. The summed E-state index contributed by atoms with van der Waals surface area (Å²) in [6.45, 7) is 0. The van der Waals surface area contributed by atoms with E-state index < -0.39 is 16.8 Å². The molecule has 1 aromatic rings. The third kappa shape index (κ3) is 3.92. The fourth-order valence-electron chi connectivity index (χ4n) is 1.42. The van der Waals surface area contributed by atoms with E-state index in [9.17, 15) is 13.8 Å². The number of aromatic carboxylic acids is 1. The summed E-state index contributed by atoms with van der Waals surface area (Å²) in [5.41, 5.74) is 0. The van der Waals surface area contributed by atoms with Crippen LogP contribution >= 0.6 is 11.3 Å². The van der Waals surface area contributed by atoms with Crippen molar-refractivity contribution in [3.63, 3.8) is 0 Å². The Hall–Kier alpha value is -1.21. The Morgan fingerprint density at radius 1 is 1.44 bits per heavy atom. The molecule has 0 aromatic carbocycles. The molecule has 7 heteroatoms. The van der Waals surface area contributed by atoms with Gasteiger partial charge in [0.15, 0.2) is 0 Å². The number of carboxylic acids is 1. The predicted octanol–water partition coefficient (Wildman–Crippen LogP) is 0.974. The lowest BCUT2D eigenvalue weighted by Gasteiger charge is -2.02. The monoisotopic (exact) mass is 287 g/mol. The lowest BCUT2D eigenvalue weighted by molar-refractivity contribution is -0.118. The molecule has 2 N–H and O–H groups in total. The van der Waals surface area contributed by atoms with Crippen molar-refractivity contribution in [2.24, 2.45) is 0 Å². The van der Waals surface area contributed by atoms with Gasteiger partial charge < -0.3 is 10.4 Å². The van der Waals surface area contributed by atoms with Crippen molar-refractivity contribution in [1.29, 1.82) is 0 Å². The van der Waals surface area contributed by atoms with E-state index in [1.807, 2.05) is 0 Å². The lowest BCUT2D eigenvalue weighted by Crippen LogP contribution is -2.30. The zero-order valence-corrected chi connectivity index (χ0v) is 11.2. The largest absolute Gasteiger partial charge is 0.477 e. The number of rotatable bonds is 6. The molecule has 1 fully saturated rings. The zero-order valence-electron chi connectivity index (χ0n) is 9.55. The van der Waals surface area contributed by atoms with E-state index in [1.54, 1.807) is 6.07 Å². The van der Waals surface area contributed by atoms with E-state index in [0.717, 1.165) is 29.1 Å². The minimum Gasteiger partial charge on any atom is -0.477 e. The minimum atomic E-state index is -1.28. The maximum absolute atomic E-state index is 11.7. The van der Waals surface area contributed by atoms with E-state index in [0.29, 0.717) is 0 Å². The molecule has 98 valence electrons. The Bertz CT molecular complexity index is 493. The Balaban J connectivity index is 1.81. The van der Waals surface area contributed by atoms with Crippen LogP contribution in [0.1, 0.15) is 27.4 Å². The highest BCUT2D eigenvalue weighted by molar-refractivity contribution is 7.85. The topological polar surface area (TPSA) is 83.5 Å². The molecule has 1 saturated carbocycles. The maximum atomic E-state index is 11.7. The number of thiophene rings is 1. The van der Waals surface area contributed by atoms with Crippen LogP contribution in [0.5, 0.6) is 0 Å². The summed E-state index contributed by atoms with van der Waals surface area (Å²) in [4.78, 5) is 23.0. The highest BCUT2D eigenvalue weighted by Crippen LogP contribution is 2.19. The van der Waals surface area contributed by atoms with Gasteiger partial charge in [0.2, 0.25) is 5.91 Å². The highest BCUT2D eigenvalue weighted by atomic mass is 32.2. The molecule has 18 heavy (non-hydrogen) atoms. The Morgan fingerprint density at radius 3 is 2.72 bits per heavy atom. The van der Waals surface area contributed by atoms with Crippen LogP contribution in [0.25, 0.3) is 0 Å². The van der Waals surface area contributed by atoms with Crippen molar-refractivity contribution in [3.8, 4) is 0 Å². The van der Waals surface area contributed by atoms with Gasteiger partial charge in [-0.3, -0.25) is 9.00 Å². The molecule has 0 bridgehead atoms. The van der Waals surface area contributed by atoms with Gasteiger partial charge in [-0.2, -0.15) is 0 Å². The van der Waals surface area contributed by atoms with Gasteiger partial charge >= 0.3 is 5.97 Å². The van der Waals surface area contributed by atoms with Crippen molar-refractivity contribution in [2.45, 2.75) is 24.6 Å². The van der Waals surface area contributed by atoms with Crippen LogP contribution in [-0.2, 0) is 21.3 Å². The smallest absolute Gasteiger partial charge is 0.345 e. The molecule has 1 heterocycles. The number of carboxylic acid groups (broad SMARTS) is 1. The second-order valence-electron chi connectivity index (χ2n) is 4.14.